The van der Waals surface area contributed by atoms with Crippen molar-refractivity contribution >= 4 is 34.6 Å². The van der Waals surface area contributed by atoms with E-state index in [1.165, 1.54) is 23.5 Å². The molecular weight excluding hydrogens is 448 g/mol. The number of nitrogens with zero attached hydrogens (tertiary/aromatic N) is 3. The predicted molar refractivity (Wildman–Crippen MR) is 122 cm³/mol. The second kappa shape index (κ2) is 11.2. The second-order valence-corrected chi connectivity index (χ2v) is 7.89. The first-order valence-electron chi connectivity index (χ1n) is 9.94. The fraction of sp³-hybridized carbons (Fsp3) is 0.227. The molecular formula is C22H22N4O6S. The van der Waals surface area contributed by atoms with Gasteiger partial charge in [-0.3, -0.25) is 14.9 Å². The van der Waals surface area contributed by atoms with Crippen LogP contribution in [-0.4, -0.2) is 46.2 Å². The number of aliphatic hydroxyl groups excluding tert-OH is 1. The van der Waals surface area contributed by atoms with E-state index in [-0.39, 0.29) is 30.1 Å². The molecule has 0 fully saturated rings. The summed E-state index contributed by atoms with van der Waals surface area (Å²) in [4.78, 5) is 39.7. The van der Waals surface area contributed by atoms with Crippen molar-refractivity contribution < 1.29 is 24.4 Å². The van der Waals surface area contributed by atoms with Crippen LogP contribution in [0, 0.1) is 17.0 Å². The molecule has 2 aromatic carbocycles. The van der Waals surface area contributed by atoms with E-state index in [0.29, 0.717) is 11.3 Å². The van der Waals surface area contributed by atoms with Crippen molar-refractivity contribution in [2.24, 2.45) is 4.99 Å². The third kappa shape index (κ3) is 6.57. The second-order valence-electron chi connectivity index (χ2n) is 7.02. The predicted octanol–water partition coefficient (Wildman–Crippen LogP) is 2.50. The zero-order valence-corrected chi connectivity index (χ0v) is 18.6. The number of aromatic nitrogens is 1. The number of non-ortho nitro benzene ring substituents is 1. The van der Waals surface area contributed by atoms with Gasteiger partial charge in [0, 0.05) is 42.5 Å². The number of benzene rings is 2. The minimum absolute atomic E-state index is 0.115. The van der Waals surface area contributed by atoms with Crippen LogP contribution >= 0.6 is 11.3 Å². The summed E-state index contributed by atoms with van der Waals surface area (Å²) in [7, 11) is 0. The molecule has 0 aliphatic heterocycles. The van der Waals surface area contributed by atoms with E-state index >= 15 is 0 Å². The molecule has 3 rings (SSSR count). The molecule has 172 valence electrons. The molecule has 0 spiro atoms. The van der Waals surface area contributed by atoms with Crippen LogP contribution in [0.4, 0.5) is 11.4 Å². The number of amides is 1. The highest BCUT2D eigenvalue weighted by Gasteiger charge is 2.19. The maximum Gasteiger partial charge on any atom is 0.341 e. The summed E-state index contributed by atoms with van der Waals surface area (Å²) in [5.41, 5.74) is 2.03. The Labute approximate surface area is 192 Å². The minimum Gasteiger partial charge on any atom is -0.452 e. The molecule has 1 aromatic heterocycles. The van der Waals surface area contributed by atoms with Gasteiger partial charge < -0.3 is 19.7 Å². The van der Waals surface area contributed by atoms with Gasteiger partial charge in [-0.15, -0.1) is 11.3 Å². The summed E-state index contributed by atoms with van der Waals surface area (Å²) >= 11 is 1.27. The molecule has 11 heteroatoms. The van der Waals surface area contributed by atoms with Crippen molar-refractivity contribution in [1.29, 1.82) is 0 Å². The van der Waals surface area contributed by atoms with Gasteiger partial charge in [-0.2, -0.15) is 4.99 Å². The SMILES string of the molecule is Cc1ccc(Cn2ccsc2=NC(=O)COC(=O)c2cc([N+](=O)[O-])ccc2NCCO)cc1. The lowest BCUT2D eigenvalue weighted by Crippen LogP contribution is -2.20. The lowest BCUT2D eigenvalue weighted by molar-refractivity contribution is -0.384. The molecule has 10 nitrogen and oxygen atoms in total. The molecule has 1 heterocycles. The van der Waals surface area contributed by atoms with Crippen LogP contribution in [0.15, 0.2) is 59.0 Å². The Hall–Kier alpha value is -3.83. The van der Waals surface area contributed by atoms with Gasteiger partial charge in [0.1, 0.15) is 0 Å². The average molecular weight is 471 g/mol. The van der Waals surface area contributed by atoms with Crippen LogP contribution < -0.4 is 10.1 Å². The number of ether oxygens (including phenoxy) is 1. The number of hydrogen-bond acceptors (Lipinski definition) is 8. The smallest absolute Gasteiger partial charge is 0.341 e. The number of esters is 1. The molecule has 0 unspecified atom stereocenters. The summed E-state index contributed by atoms with van der Waals surface area (Å²) in [6, 6.07) is 11.6. The first-order chi connectivity index (χ1) is 15.9. The Morgan fingerprint density at radius 3 is 2.70 bits per heavy atom. The van der Waals surface area contributed by atoms with E-state index in [9.17, 15) is 19.7 Å². The maximum atomic E-state index is 12.5. The van der Waals surface area contributed by atoms with Crippen molar-refractivity contribution in [3.05, 3.63) is 85.6 Å². The zero-order chi connectivity index (χ0) is 23.8. The number of nitro benzene ring substituents is 1. The normalized spacial score (nSPS) is 11.3. The van der Waals surface area contributed by atoms with Crippen molar-refractivity contribution in [3.8, 4) is 0 Å². The molecule has 1 amide bonds. The van der Waals surface area contributed by atoms with Crippen LogP contribution in [0.2, 0.25) is 0 Å². The highest BCUT2D eigenvalue weighted by molar-refractivity contribution is 7.07. The molecule has 0 aliphatic carbocycles. The molecule has 2 N–H and O–H groups in total. The largest absolute Gasteiger partial charge is 0.452 e. The Morgan fingerprint density at radius 2 is 2.00 bits per heavy atom. The summed E-state index contributed by atoms with van der Waals surface area (Å²) < 4.78 is 6.87. The first-order valence-corrected chi connectivity index (χ1v) is 10.8. The number of thiazole rings is 1. The van der Waals surface area contributed by atoms with Crippen LogP contribution in [0.3, 0.4) is 0 Å². The van der Waals surface area contributed by atoms with Crippen molar-refractivity contribution in [2.45, 2.75) is 13.5 Å². The average Bonchev–Trinajstić information content (AvgIpc) is 3.23. The number of aryl methyl sites for hydroxylation is 1. The van der Waals surface area contributed by atoms with Crippen molar-refractivity contribution in [3.63, 3.8) is 0 Å². The third-order valence-electron chi connectivity index (χ3n) is 4.54. The summed E-state index contributed by atoms with van der Waals surface area (Å²) in [6.07, 6.45) is 1.81. The molecule has 0 saturated carbocycles. The van der Waals surface area contributed by atoms with E-state index in [1.54, 1.807) is 5.38 Å². The Kier molecular flexibility index (Phi) is 8.06. The van der Waals surface area contributed by atoms with Gasteiger partial charge in [0.2, 0.25) is 0 Å². The summed E-state index contributed by atoms with van der Waals surface area (Å²) in [6.45, 7) is 1.84. The van der Waals surface area contributed by atoms with Crippen molar-refractivity contribution in [1.82, 2.24) is 4.57 Å². The molecule has 33 heavy (non-hydrogen) atoms. The van der Waals surface area contributed by atoms with E-state index in [0.717, 1.165) is 17.2 Å². The quantitative estimate of drug-likeness (QED) is 0.279. The van der Waals surface area contributed by atoms with Gasteiger partial charge in [0.15, 0.2) is 11.4 Å². The lowest BCUT2D eigenvalue weighted by atomic mass is 10.1. The van der Waals surface area contributed by atoms with Crippen LogP contribution in [0.1, 0.15) is 21.5 Å². The molecule has 0 radical (unpaired) electrons. The fourth-order valence-electron chi connectivity index (χ4n) is 2.90. The third-order valence-corrected chi connectivity index (χ3v) is 5.34. The van der Waals surface area contributed by atoms with Crippen LogP contribution in [0.25, 0.3) is 0 Å². The van der Waals surface area contributed by atoms with E-state index in [2.05, 4.69) is 10.3 Å². The molecule has 0 bridgehead atoms. The molecule has 0 aliphatic rings. The minimum atomic E-state index is -0.915. The zero-order valence-electron chi connectivity index (χ0n) is 17.8. The topological polar surface area (TPSA) is 136 Å². The van der Waals surface area contributed by atoms with Crippen molar-refractivity contribution in [2.75, 3.05) is 25.1 Å². The van der Waals surface area contributed by atoms with Gasteiger partial charge >= 0.3 is 5.97 Å². The number of rotatable bonds is 9. The van der Waals surface area contributed by atoms with Gasteiger partial charge in [-0.25, -0.2) is 4.79 Å². The number of carbonyl (C=O) groups is 2. The van der Waals surface area contributed by atoms with E-state index in [4.69, 9.17) is 9.84 Å². The molecule has 0 atom stereocenters. The number of aliphatic hydroxyl groups is 1. The van der Waals surface area contributed by atoms with Gasteiger partial charge in [-0.05, 0) is 18.6 Å². The van der Waals surface area contributed by atoms with Crippen LogP contribution in [-0.2, 0) is 16.1 Å². The fourth-order valence-corrected chi connectivity index (χ4v) is 3.65. The lowest BCUT2D eigenvalue weighted by Gasteiger charge is -2.10. The number of carbonyl (C=O) groups excluding carboxylic acids is 2. The highest BCUT2D eigenvalue weighted by atomic mass is 32.1. The van der Waals surface area contributed by atoms with E-state index < -0.39 is 23.4 Å². The number of nitrogens with one attached hydrogen (secondary N) is 1. The highest BCUT2D eigenvalue weighted by Crippen LogP contribution is 2.23. The van der Waals surface area contributed by atoms with E-state index in [1.807, 2.05) is 42.0 Å². The standard InChI is InChI=1S/C22H22N4O6S/c1-15-2-4-16(5-3-15)13-25-9-11-33-22(25)24-20(28)14-32-21(29)18-12-17(26(30)31)6-7-19(18)23-8-10-27/h2-7,9,11-12,23,27H,8,10,13-14H2,1H3. The van der Waals surface area contributed by atoms with Gasteiger partial charge in [0.25, 0.3) is 11.6 Å². The summed E-state index contributed by atoms with van der Waals surface area (Å²) in [5, 5.41) is 24.6. The Bertz CT molecular complexity index is 1220. The summed E-state index contributed by atoms with van der Waals surface area (Å²) in [5.74, 6) is -1.58. The molecule has 3 aromatic rings. The molecule has 0 saturated heterocycles. The Balaban J connectivity index is 1.70. The maximum absolute atomic E-state index is 12.5. The van der Waals surface area contributed by atoms with Gasteiger partial charge in [-0.1, -0.05) is 29.8 Å². The van der Waals surface area contributed by atoms with Gasteiger partial charge in [0.05, 0.1) is 17.1 Å². The number of hydrogen-bond donors (Lipinski definition) is 2. The number of anilines is 1. The first kappa shape index (κ1) is 23.8. The monoisotopic (exact) mass is 470 g/mol. The van der Waals surface area contributed by atoms with Crippen LogP contribution in [0.5, 0.6) is 0 Å². The number of nitro groups is 1. The Morgan fingerprint density at radius 1 is 1.24 bits per heavy atom.